The first-order chi connectivity index (χ1) is 16.2. The molecule has 3 aliphatic rings. The Morgan fingerprint density at radius 3 is 2.74 bits per heavy atom. The summed E-state index contributed by atoms with van der Waals surface area (Å²) in [6.07, 6.45) is -0.494. The van der Waals surface area contributed by atoms with Gasteiger partial charge in [0.05, 0.1) is 24.2 Å². The van der Waals surface area contributed by atoms with E-state index in [4.69, 9.17) is 4.74 Å². The third kappa shape index (κ3) is 3.08. The maximum Gasteiger partial charge on any atom is 0.416 e. The van der Waals surface area contributed by atoms with E-state index in [0.717, 1.165) is 11.8 Å². The second-order valence-corrected chi connectivity index (χ2v) is 9.29. The molecule has 1 saturated carbocycles. The zero-order valence-electron chi connectivity index (χ0n) is 18.3. The number of ether oxygens (including phenoxy) is 1. The molecular formula is C24H21F3N4O3. The predicted molar refractivity (Wildman–Crippen MR) is 115 cm³/mol. The van der Waals surface area contributed by atoms with Crippen molar-refractivity contribution in [1.82, 2.24) is 19.0 Å². The minimum Gasteiger partial charge on any atom is -0.493 e. The molecule has 0 saturated heterocycles. The lowest BCUT2D eigenvalue weighted by atomic mass is 9.88. The molecule has 34 heavy (non-hydrogen) atoms. The van der Waals surface area contributed by atoms with Crippen LogP contribution in [0, 0.1) is 12.8 Å². The van der Waals surface area contributed by atoms with Crippen LogP contribution in [0.3, 0.4) is 0 Å². The van der Waals surface area contributed by atoms with Crippen LogP contribution >= 0.6 is 0 Å². The van der Waals surface area contributed by atoms with Crippen LogP contribution in [0.15, 0.2) is 47.7 Å². The lowest BCUT2D eigenvalue weighted by Crippen LogP contribution is -2.48. The largest absolute Gasteiger partial charge is 0.493 e. The van der Waals surface area contributed by atoms with E-state index in [1.807, 2.05) is 6.92 Å². The first-order valence-electron chi connectivity index (χ1n) is 11.1. The molecule has 2 aliphatic heterocycles. The van der Waals surface area contributed by atoms with E-state index >= 15 is 0 Å². The zero-order valence-corrected chi connectivity index (χ0v) is 18.3. The Hall–Kier alpha value is -3.56. The molecule has 2 unspecified atom stereocenters. The molecule has 2 atom stereocenters. The van der Waals surface area contributed by atoms with Crippen molar-refractivity contribution in [3.05, 3.63) is 75.7 Å². The topological polar surface area (TPSA) is 69.4 Å². The van der Waals surface area contributed by atoms with Crippen LogP contribution in [-0.2, 0) is 18.1 Å². The summed E-state index contributed by atoms with van der Waals surface area (Å²) in [5, 5.41) is 0. The monoisotopic (exact) mass is 470 g/mol. The minimum absolute atomic E-state index is 0.0623. The molecule has 3 aromatic rings. The fourth-order valence-electron chi connectivity index (χ4n) is 5.32. The molecular weight excluding hydrogens is 449 g/mol. The second kappa shape index (κ2) is 6.97. The molecule has 1 amide bonds. The number of hydrogen-bond acceptors (Lipinski definition) is 4. The van der Waals surface area contributed by atoms with Crippen molar-refractivity contribution in [2.45, 2.75) is 31.5 Å². The van der Waals surface area contributed by atoms with E-state index in [-0.39, 0.29) is 23.1 Å². The van der Waals surface area contributed by atoms with Crippen molar-refractivity contribution in [3.63, 3.8) is 0 Å². The van der Waals surface area contributed by atoms with Crippen molar-refractivity contribution in [2.75, 3.05) is 19.7 Å². The number of carbonyl (C=O) groups excluding carboxylic acids is 1. The number of halogens is 3. The van der Waals surface area contributed by atoms with Gasteiger partial charge in [0.15, 0.2) is 0 Å². The highest BCUT2D eigenvalue weighted by atomic mass is 19.4. The maximum atomic E-state index is 13.4. The summed E-state index contributed by atoms with van der Waals surface area (Å²) in [4.78, 5) is 32.2. The summed E-state index contributed by atoms with van der Waals surface area (Å²) in [5.41, 5.74) is 0.420. The van der Waals surface area contributed by atoms with Gasteiger partial charge in [0.2, 0.25) is 0 Å². The molecule has 1 aliphatic carbocycles. The van der Waals surface area contributed by atoms with Gasteiger partial charge in [-0.1, -0.05) is 0 Å². The average Bonchev–Trinajstić information content (AvgIpc) is 3.37. The van der Waals surface area contributed by atoms with Gasteiger partial charge in [-0.25, -0.2) is 4.98 Å². The van der Waals surface area contributed by atoms with Crippen LogP contribution in [0.25, 0.3) is 5.69 Å². The van der Waals surface area contributed by atoms with E-state index < -0.39 is 17.2 Å². The standard InChI is InChI=1S/C24H21F3N4O3/c1-14-10-30(13-28-14)18-3-4-19-21(32)29(6-7-31(19)22(18)33)12-23-9-16(23)11-34-20-5-2-15(8-17(20)23)24(25,26)27/h2-5,8,10,13,16H,6-7,9,11-12H2,1H3. The maximum absolute atomic E-state index is 13.4. The highest BCUT2D eigenvalue weighted by Gasteiger charge is 2.60. The number of hydrogen-bond donors (Lipinski definition) is 0. The first kappa shape index (κ1) is 21.0. The average molecular weight is 470 g/mol. The summed E-state index contributed by atoms with van der Waals surface area (Å²) in [5.74, 6) is 0.215. The van der Waals surface area contributed by atoms with Crippen LogP contribution in [-0.4, -0.2) is 44.6 Å². The number of carbonyl (C=O) groups is 1. The van der Waals surface area contributed by atoms with Crippen molar-refractivity contribution >= 4 is 5.91 Å². The Kier molecular flexibility index (Phi) is 4.31. The number of imidazole rings is 1. The third-order valence-corrected chi connectivity index (χ3v) is 7.23. The molecule has 4 heterocycles. The van der Waals surface area contributed by atoms with Gasteiger partial charge in [0.1, 0.15) is 17.1 Å². The van der Waals surface area contributed by atoms with E-state index in [1.165, 1.54) is 16.7 Å². The second-order valence-electron chi connectivity index (χ2n) is 9.29. The number of benzene rings is 1. The number of amides is 1. The lowest BCUT2D eigenvalue weighted by molar-refractivity contribution is -0.137. The third-order valence-electron chi connectivity index (χ3n) is 7.23. The van der Waals surface area contributed by atoms with Gasteiger partial charge < -0.3 is 18.8 Å². The normalized spacial score (nSPS) is 23.1. The van der Waals surface area contributed by atoms with Crippen LogP contribution in [0.1, 0.15) is 33.7 Å². The Bertz CT molecular complexity index is 1390. The van der Waals surface area contributed by atoms with Gasteiger partial charge in [-0.2, -0.15) is 13.2 Å². The zero-order chi connectivity index (χ0) is 23.8. The number of rotatable bonds is 3. The molecule has 2 aromatic heterocycles. The van der Waals surface area contributed by atoms with Crippen molar-refractivity contribution in [3.8, 4) is 11.4 Å². The number of fused-ring (bicyclic) bond motifs is 4. The summed E-state index contributed by atoms with van der Waals surface area (Å²) in [7, 11) is 0. The lowest BCUT2D eigenvalue weighted by Gasteiger charge is -2.35. The summed E-state index contributed by atoms with van der Waals surface area (Å²) in [6.45, 7) is 3.16. The van der Waals surface area contributed by atoms with Crippen LogP contribution < -0.4 is 10.3 Å². The number of nitrogens with zero attached hydrogens (tertiary/aromatic N) is 4. The Morgan fingerprint density at radius 1 is 1.18 bits per heavy atom. The fraction of sp³-hybridized carbons (Fsp3) is 0.375. The Labute approximate surface area is 192 Å². The van der Waals surface area contributed by atoms with Crippen molar-refractivity contribution in [1.29, 1.82) is 0 Å². The van der Waals surface area contributed by atoms with Crippen molar-refractivity contribution < 1.29 is 22.7 Å². The molecule has 6 rings (SSSR count). The van der Waals surface area contributed by atoms with E-state index in [2.05, 4.69) is 4.98 Å². The highest BCUT2D eigenvalue weighted by molar-refractivity contribution is 5.93. The van der Waals surface area contributed by atoms with E-state index in [0.29, 0.717) is 49.7 Å². The minimum atomic E-state index is -4.45. The van der Waals surface area contributed by atoms with Crippen LogP contribution in [0.5, 0.6) is 5.75 Å². The van der Waals surface area contributed by atoms with Crippen LogP contribution in [0.2, 0.25) is 0 Å². The molecule has 1 fully saturated rings. The summed E-state index contributed by atoms with van der Waals surface area (Å²) >= 11 is 0. The first-order valence-corrected chi connectivity index (χ1v) is 11.1. The molecule has 0 bridgehead atoms. The van der Waals surface area contributed by atoms with Gasteiger partial charge in [-0.15, -0.1) is 0 Å². The molecule has 176 valence electrons. The van der Waals surface area contributed by atoms with Gasteiger partial charge in [0.25, 0.3) is 11.5 Å². The highest BCUT2D eigenvalue weighted by Crippen LogP contribution is 2.60. The van der Waals surface area contributed by atoms with Gasteiger partial charge in [-0.05, 0) is 43.7 Å². The number of alkyl halides is 3. The van der Waals surface area contributed by atoms with Gasteiger partial charge in [0, 0.05) is 42.7 Å². The summed E-state index contributed by atoms with van der Waals surface area (Å²) < 4.78 is 48.9. The van der Waals surface area contributed by atoms with Crippen LogP contribution in [0.4, 0.5) is 13.2 Å². The molecule has 10 heteroatoms. The van der Waals surface area contributed by atoms with E-state index in [9.17, 15) is 22.8 Å². The smallest absolute Gasteiger partial charge is 0.416 e. The number of aromatic nitrogens is 3. The molecule has 7 nitrogen and oxygen atoms in total. The fourth-order valence-corrected chi connectivity index (χ4v) is 5.32. The predicted octanol–water partition coefficient (Wildman–Crippen LogP) is 3.17. The van der Waals surface area contributed by atoms with E-state index in [1.54, 1.807) is 34.1 Å². The SMILES string of the molecule is Cc1cn(-c2ccc3n(c2=O)CCN(CC24CC2COc2ccc(C(F)(F)F)cc24)C3=O)cn1. The van der Waals surface area contributed by atoms with Gasteiger partial charge in [-0.3, -0.25) is 9.59 Å². The number of aryl methyl sites for hydroxylation is 1. The molecule has 1 aromatic carbocycles. The van der Waals surface area contributed by atoms with Crippen molar-refractivity contribution in [2.24, 2.45) is 5.92 Å². The molecule has 0 N–H and O–H groups in total. The summed E-state index contributed by atoms with van der Waals surface area (Å²) in [6, 6.07) is 6.81. The Morgan fingerprint density at radius 2 is 2.00 bits per heavy atom. The molecule has 0 radical (unpaired) electrons. The quantitative estimate of drug-likeness (QED) is 0.590. The Balaban J connectivity index is 1.32. The number of pyridine rings is 1. The van der Waals surface area contributed by atoms with Gasteiger partial charge >= 0.3 is 6.18 Å². The molecule has 0 spiro atoms.